The number of ether oxygens (including phenoxy) is 1. The summed E-state index contributed by atoms with van der Waals surface area (Å²) in [5.74, 6) is -0.315. The monoisotopic (exact) mass is 522 g/mol. The Morgan fingerprint density at radius 1 is 1.24 bits per heavy atom. The zero-order valence-electron chi connectivity index (χ0n) is 20.9. The highest BCUT2D eigenvalue weighted by atomic mass is 32.1. The van der Waals surface area contributed by atoms with E-state index in [0.717, 1.165) is 48.0 Å². The number of hydrogen-bond donors (Lipinski definition) is 3. The number of allylic oxidation sites excluding steroid dienone is 1. The quantitative estimate of drug-likeness (QED) is 0.449. The average Bonchev–Trinajstić information content (AvgIpc) is 3.56. The van der Waals surface area contributed by atoms with Gasteiger partial charge in [-0.05, 0) is 32.4 Å². The summed E-state index contributed by atoms with van der Waals surface area (Å²) < 4.78 is 8.88. The lowest BCUT2D eigenvalue weighted by atomic mass is 9.78. The number of nitrogens with one attached hydrogen (secondary N) is 3. The molecule has 2 saturated heterocycles. The van der Waals surface area contributed by atoms with Crippen LogP contribution < -0.4 is 16.0 Å². The molecule has 1 unspecified atom stereocenters. The van der Waals surface area contributed by atoms with Crippen molar-refractivity contribution in [2.24, 2.45) is 12.5 Å². The minimum absolute atomic E-state index is 0.0679. The van der Waals surface area contributed by atoms with Crippen LogP contribution in [0.2, 0.25) is 0 Å². The molecule has 0 bridgehead atoms. The lowest BCUT2D eigenvalue weighted by Gasteiger charge is -2.48. The highest BCUT2D eigenvalue weighted by molar-refractivity contribution is 7.21. The number of carbonyl (C=O) groups excluding carboxylic acids is 2. The second-order valence-corrected chi connectivity index (χ2v) is 11.2. The van der Waals surface area contributed by atoms with E-state index in [1.165, 1.54) is 17.8 Å². The summed E-state index contributed by atoms with van der Waals surface area (Å²) in [7, 11) is 1.87. The maximum Gasteiger partial charge on any atom is 0.260 e. The van der Waals surface area contributed by atoms with E-state index in [2.05, 4.69) is 31.0 Å². The van der Waals surface area contributed by atoms with Gasteiger partial charge < -0.3 is 20.7 Å². The van der Waals surface area contributed by atoms with Gasteiger partial charge in [0.2, 0.25) is 5.91 Å². The number of likely N-dealkylation sites (tertiary alicyclic amines) is 1. The fourth-order valence-corrected chi connectivity index (χ4v) is 6.19. The van der Waals surface area contributed by atoms with Crippen LogP contribution in [0.5, 0.6) is 0 Å². The summed E-state index contributed by atoms with van der Waals surface area (Å²) in [5, 5.41) is 17.8. The van der Waals surface area contributed by atoms with Crippen molar-refractivity contribution in [2.75, 3.05) is 32.8 Å². The first-order chi connectivity index (χ1) is 17.9. The second kappa shape index (κ2) is 9.43. The summed E-state index contributed by atoms with van der Waals surface area (Å²) in [6.07, 6.45) is 13.0. The molecule has 37 heavy (non-hydrogen) atoms. The van der Waals surface area contributed by atoms with E-state index in [9.17, 15) is 9.59 Å². The Labute approximate surface area is 218 Å². The molecule has 1 atom stereocenters. The molecule has 0 radical (unpaired) electrons. The Kier molecular flexibility index (Phi) is 6.09. The lowest BCUT2D eigenvalue weighted by Crippen LogP contribution is -2.55. The van der Waals surface area contributed by atoms with Gasteiger partial charge in [-0.15, -0.1) is 11.3 Å². The van der Waals surface area contributed by atoms with Gasteiger partial charge in [0.1, 0.15) is 4.83 Å². The Balaban J connectivity index is 1.11. The first-order valence-corrected chi connectivity index (χ1v) is 13.2. The van der Waals surface area contributed by atoms with Crippen LogP contribution in [-0.2, 0) is 16.6 Å². The Morgan fingerprint density at radius 2 is 2.11 bits per heavy atom. The third-order valence-electron chi connectivity index (χ3n) is 7.16. The van der Waals surface area contributed by atoms with Crippen molar-refractivity contribution in [3.63, 3.8) is 0 Å². The molecule has 3 aliphatic heterocycles. The predicted molar refractivity (Wildman–Crippen MR) is 139 cm³/mol. The summed E-state index contributed by atoms with van der Waals surface area (Å²) in [6, 6.07) is -0.120. The molecule has 6 heterocycles. The van der Waals surface area contributed by atoms with Gasteiger partial charge in [0.15, 0.2) is 0 Å². The first-order valence-electron chi connectivity index (χ1n) is 12.4. The molecule has 11 nitrogen and oxygen atoms in total. The van der Waals surface area contributed by atoms with Crippen molar-refractivity contribution >= 4 is 28.0 Å². The molecule has 2 amide bonds. The van der Waals surface area contributed by atoms with Crippen molar-refractivity contribution in [3.8, 4) is 10.4 Å². The third kappa shape index (κ3) is 4.79. The maximum atomic E-state index is 13.2. The Bertz CT molecular complexity index is 1410. The van der Waals surface area contributed by atoms with E-state index < -0.39 is 0 Å². The number of hydrogen-bond acceptors (Lipinski definition) is 8. The van der Waals surface area contributed by atoms with Crippen LogP contribution in [0, 0.1) is 5.41 Å². The van der Waals surface area contributed by atoms with E-state index in [0.29, 0.717) is 23.5 Å². The summed E-state index contributed by atoms with van der Waals surface area (Å²) in [6.45, 7) is 5.71. The molecule has 3 aliphatic rings. The third-order valence-corrected chi connectivity index (χ3v) is 8.32. The number of thiazole rings is 1. The van der Waals surface area contributed by atoms with Crippen LogP contribution >= 0.6 is 11.3 Å². The number of aryl methyl sites for hydroxylation is 1. The van der Waals surface area contributed by atoms with Gasteiger partial charge in [0.25, 0.3) is 5.91 Å². The van der Waals surface area contributed by atoms with Crippen molar-refractivity contribution in [3.05, 3.63) is 54.0 Å². The second-order valence-electron chi connectivity index (χ2n) is 10.2. The number of dihydropyridines is 1. The molecular weight excluding hydrogens is 492 g/mol. The molecule has 3 aromatic rings. The van der Waals surface area contributed by atoms with E-state index in [1.807, 2.05) is 32.4 Å². The van der Waals surface area contributed by atoms with Gasteiger partial charge in [0.05, 0.1) is 54.3 Å². The molecule has 0 aliphatic carbocycles. The number of nitrogens with zero attached hydrogens (tertiary/aromatic N) is 5. The fraction of sp³-hybridized carbons (Fsp3) is 0.440. The lowest BCUT2D eigenvalue weighted by molar-refractivity contribution is -0.147. The predicted octanol–water partition coefficient (Wildman–Crippen LogP) is 1.47. The Hall–Kier alpha value is -3.48. The van der Waals surface area contributed by atoms with Crippen LogP contribution in [0.25, 0.3) is 15.3 Å². The van der Waals surface area contributed by atoms with Crippen LogP contribution in [0.3, 0.4) is 0 Å². The van der Waals surface area contributed by atoms with E-state index in [-0.39, 0.29) is 23.3 Å². The average molecular weight is 523 g/mol. The number of rotatable bonds is 6. The molecule has 0 saturated carbocycles. The van der Waals surface area contributed by atoms with Crippen LogP contribution in [0.15, 0.2) is 48.5 Å². The van der Waals surface area contributed by atoms with Crippen molar-refractivity contribution in [2.45, 2.75) is 25.8 Å². The number of fused-ring (bicyclic) bond motifs is 1. The molecule has 1 spiro atoms. The van der Waals surface area contributed by atoms with Gasteiger partial charge in [-0.1, -0.05) is 0 Å². The highest BCUT2D eigenvalue weighted by Gasteiger charge is 2.42. The first kappa shape index (κ1) is 23.9. The SMILES string of the molecule is CC1NC=C(NC(=O)CN2CCCC3(COC3)C2)C=C1NC(=O)c1cnn2cc(-c3cnn(C)c3)sc12. The van der Waals surface area contributed by atoms with Crippen molar-refractivity contribution in [1.82, 2.24) is 40.2 Å². The summed E-state index contributed by atoms with van der Waals surface area (Å²) >= 11 is 1.49. The standard InChI is InChI=1S/C25H30N8O3S/c1-16-20(6-18(8-26-16)29-22(34)12-32-5-3-4-25(13-32)14-36-15-25)30-23(35)19-9-28-33-11-21(37-24(19)33)17-7-27-31(2)10-17/h6-11,16,26H,3-5,12-15H2,1-2H3,(H,29,34)(H,30,35). The minimum atomic E-state index is -0.247. The van der Waals surface area contributed by atoms with E-state index >= 15 is 0 Å². The van der Waals surface area contributed by atoms with Gasteiger partial charge in [-0.2, -0.15) is 10.2 Å². The maximum absolute atomic E-state index is 13.2. The van der Waals surface area contributed by atoms with Crippen LogP contribution in [0.1, 0.15) is 30.1 Å². The summed E-state index contributed by atoms with van der Waals surface area (Å²) in [4.78, 5) is 29.9. The number of piperidine rings is 1. The van der Waals surface area contributed by atoms with E-state index in [4.69, 9.17) is 4.74 Å². The van der Waals surface area contributed by atoms with E-state index in [1.54, 1.807) is 27.8 Å². The van der Waals surface area contributed by atoms with Gasteiger partial charge in [-0.3, -0.25) is 19.2 Å². The molecule has 194 valence electrons. The van der Waals surface area contributed by atoms with Gasteiger partial charge in [0, 0.05) is 48.9 Å². The normalized spacial score (nSPS) is 21.2. The molecule has 2 fully saturated rings. The van der Waals surface area contributed by atoms with Crippen LogP contribution in [-0.4, -0.2) is 75.0 Å². The van der Waals surface area contributed by atoms with Crippen LogP contribution in [0.4, 0.5) is 0 Å². The fourth-order valence-electron chi connectivity index (χ4n) is 5.15. The largest absolute Gasteiger partial charge is 0.381 e. The molecule has 3 N–H and O–H groups in total. The zero-order chi connectivity index (χ0) is 25.6. The molecule has 3 aromatic heterocycles. The molecule has 6 rings (SSSR count). The molecule has 0 aromatic carbocycles. The smallest absolute Gasteiger partial charge is 0.260 e. The Morgan fingerprint density at radius 3 is 2.86 bits per heavy atom. The number of carbonyl (C=O) groups is 2. The molecule has 12 heteroatoms. The van der Waals surface area contributed by atoms with Crippen molar-refractivity contribution in [1.29, 1.82) is 0 Å². The zero-order valence-corrected chi connectivity index (χ0v) is 21.7. The highest BCUT2D eigenvalue weighted by Crippen LogP contribution is 2.36. The number of amides is 2. The number of aromatic nitrogens is 4. The minimum Gasteiger partial charge on any atom is -0.381 e. The van der Waals surface area contributed by atoms with Gasteiger partial charge >= 0.3 is 0 Å². The molecular formula is C25H30N8O3S. The van der Waals surface area contributed by atoms with Gasteiger partial charge in [-0.25, -0.2) is 4.52 Å². The topological polar surface area (TPSA) is 118 Å². The van der Waals surface area contributed by atoms with Crippen molar-refractivity contribution < 1.29 is 14.3 Å². The summed E-state index contributed by atoms with van der Waals surface area (Å²) in [5.41, 5.74) is 3.00.